The fourth-order valence-electron chi connectivity index (χ4n) is 0.599. The van der Waals surface area contributed by atoms with E-state index in [9.17, 15) is 0 Å². The molecule has 0 saturated heterocycles. The fraction of sp³-hybridized carbons (Fsp3) is 1.00. The summed E-state index contributed by atoms with van der Waals surface area (Å²) < 4.78 is 13.2. The molecular formula is C6H14O6. The monoisotopic (exact) mass is 186 g/mol. The maximum atomic E-state index is 9.05. The number of aliphatic hydroxyl groups is 6. The molecule has 6 nitrogen and oxygen atoms in total. The van der Waals surface area contributed by atoms with Crippen LogP contribution in [0.4, 0.5) is 0 Å². The largest absolute Gasteiger partial charge is 0.394 e. The molecule has 0 aliphatic heterocycles. The van der Waals surface area contributed by atoms with E-state index in [1.54, 1.807) is 0 Å². The molecule has 6 heteroatoms. The van der Waals surface area contributed by atoms with Crippen LogP contribution in [0.25, 0.3) is 0 Å². The first-order valence-electron chi connectivity index (χ1n) is 4.27. The minimum atomic E-state index is -3.10. The normalized spacial score (nSPS) is 25.2. The van der Waals surface area contributed by atoms with Gasteiger partial charge in [0.25, 0.3) is 0 Å². The van der Waals surface area contributed by atoms with Crippen molar-refractivity contribution >= 4 is 0 Å². The van der Waals surface area contributed by atoms with E-state index in [1.807, 2.05) is 0 Å². The second kappa shape index (κ2) is 5.41. The summed E-state index contributed by atoms with van der Waals surface area (Å²) in [5.74, 6) is 0. The van der Waals surface area contributed by atoms with Gasteiger partial charge in [-0.1, -0.05) is 0 Å². The third-order valence-corrected chi connectivity index (χ3v) is 1.39. The Hall–Kier alpha value is -0.240. The number of rotatable bonds is 5. The van der Waals surface area contributed by atoms with Crippen molar-refractivity contribution in [3.05, 3.63) is 0 Å². The number of aliphatic hydroxyl groups excluding tert-OH is 5. The zero-order valence-electron chi connectivity index (χ0n) is 8.20. The summed E-state index contributed by atoms with van der Waals surface area (Å²) >= 11 is 0. The van der Waals surface area contributed by atoms with Crippen molar-refractivity contribution in [3.8, 4) is 0 Å². The molecule has 0 aromatic rings. The standard InChI is InChI=1S/C6H14O6/c7-1-3(9)5(11)6(12)4(10)2-8/h3-12H,1-2H2/t3-,4-,5-,6-/m1/s1/i1T2. The van der Waals surface area contributed by atoms with Crippen LogP contribution in [0, 0.1) is 0 Å². The smallest absolute Gasteiger partial charge is 0.111 e. The predicted molar refractivity (Wildman–Crippen MR) is 38.2 cm³/mol. The highest BCUT2D eigenvalue weighted by molar-refractivity contribution is 4.79. The number of hydrogen-bond donors (Lipinski definition) is 6. The molecular weight excluding hydrogens is 168 g/mol. The fourth-order valence-corrected chi connectivity index (χ4v) is 0.599. The van der Waals surface area contributed by atoms with Gasteiger partial charge in [0.2, 0.25) is 0 Å². The summed E-state index contributed by atoms with van der Waals surface area (Å²) in [5, 5.41) is 52.9. The first kappa shape index (κ1) is 8.36. The van der Waals surface area contributed by atoms with E-state index in [0.29, 0.717) is 0 Å². The lowest BCUT2D eigenvalue weighted by Gasteiger charge is -2.24. The Bertz CT molecular complexity index is 172. The maximum Gasteiger partial charge on any atom is 0.111 e. The lowest BCUT2D eigenvalue weighted by atomic mass is 10.0. The van der Waals surface area contributed by atoms with Gasteiger partial charge in [-0.25, -0.2) is 0 Å². The molecule has 0 aliphatic carbocycles. The van der Waals surface area contributed by atoms with Gasteiger partial charge in [0.1, 0.15) is 24.4 Å². The molecule has 0 bridgehead atoms. The van der Waals surface area contributed by atoms with Gasteiger partial charge in [-0.3, -0.25) is 0 Å². The zero-order valence-corrected chi connectivity index (χ0v) is 6.20. The summed E-state index contributed by atoms with van der Waals surface area (Å²) in [5.41, 5.74) is 0. The summed E-state index contributed by atoms with van der Waals surface area (Å²) in [6.45, 7) is -3.96. The van der Waals surface area contributed by atoms with E-state index in [4.69, 9.17) is 33.4 Å². The molecule has 0 fully saturated rings. The van der Waals surface area contributed by atoms with Crippen molar-refractivity contribution in [2.45, 2.75) is 24.4 Å². The Morgan fingerprint density at radius 3 is 1.67 bits per heavy atom. The topological polar surface area (TPSA) is 121 Å². The van der Waals surface area contributed by atoms with Crippen LogP contribution < -0.4 is 0 Å². The van der Waals surface area contributed by atoms with Gasteiger partial charge in [-0.15, -0.1) is 0 Å². The Balaban J connectivity index is 4.38. The molecule has 6 N–H and O–H groups in total. The van der Waals surface area contributed by atoms with Crippen LogP contribution in [0.3, 0.4) is 0 Å². The van der Waals surface area contributed by atoms with Crippen molar-refractivity contribution in [3.63, 3.8) is 0 Å². The van der Waals surface area contributed by atoms with Crippen LogP contribution >= 0.6 is 0 Å². The third kappa shape index (κ3) is 3.02. The van der Waals surface area contributed by atoms with Gasteiger partial charge in [-0.2, -0.15) is 0 Å². The molecule has 12 heavy (non-hydrogen) atoms. The summed E-state index contributed by atoms with van der Waals surface area (Å²) in [6.07, 6.45) is -8.05. The second-order valence-corrected chi connectivity index (χ2v) is 2.31. The van der Waals surface area contributed by atoms with Crippen LogP contribution in [0.5, 0.6) is 0 Å². The summed E-state index contributed by atoms with van der Waals surface area (Å²) in [7, 11) is 0. The minimum absolute atomic E-state index is 0.862. The van der Waals surface area contributed by atoms with E-state index in [-0.39, 0.29) is 0 Å². The summed E-state index contributed by atoms with van der Waals surface area (Å²) in [4.78, 5) is 0. The van der Waals surface area contributed by atoms with Gasteiger partial charge in [0.05, 0.1) is 15.9 Å². The molecule has 0 aromatic carbocycles. The van der Waals surface area contributed by atoms with Crippen molar-refractivity contribution in [1.82, 2.24) is 0 Å². The van der Waals surface area contributed by atoms with E-state index in [0.717, 1.165) is 0 Å². The Kier molecular flexibility index (Phi) is 3.77. The Morgan fingerprint density at radius 2 is 1.33 bits per heavy atom. The highest BCUT2D eigenvalue weighted by Crippen LogP contribution is 2.03. The highest BCUT2D eigenvalue weighted by Gasteiger charge is 2.29. The number of hydrogen-bond acceptors (Lipinski definition) is 6. The SMILES string of the molecule is [3H]C([3H])(O)[C@@H](O)[C@@H](O)[C@H](O)[C@H](O)CO. The molecule has 0 rings (SSSR count). The van der Waals surface area contributed by atoms with E-state index in [2.05, 4.69) is 0 Å². The van der Waals surface area contributed by atoms with Crippen molar-refractivity contribution < 1.29 is 33.4 Å². The Labute approximate surface area is 72.1 Å². The van der Waals surface area contributed by atoms with Crippen LogP contribution in [-0.2, 0) is 0 Å². The Morgan fingerprint density at radius 1 is 0.917 bits per heavy atom. The van der Waals surface area contributed by atoms with Crippen LogP contribution in [-0.4, -0.2) is 68.2 Å². The lowest BCUT2D eigenvalue weighted by Crippen LogP contribution is -2.46. The van der Waals surface area contributed by atoms with Crippen LogP contribution in [0.2, 0.25) is 0 Å². The van der Waals surface area contributed by atoms with E-state index < -0.39 is 37.6 Å². The van der Waals surface area contributed by atoms with Crippen molar-refractivity contribution in [1.29, 1.82) is 0 Å². The molecule has 0 aliphatic rings. The molecule has 0 saturated carbocycles. The quantitative estimate of drug-likeness (QED) is 0.264. The first-order valence-corrected chi connectivity index (χ1v) is 3.27. The molecule has 4 atom stereocenters. The average Bonchev–Trinajstić information content (AvgIpc) is 2.11. The van der Waals surface area contributed by atoms with Crippen LogP contribution in [0.15, 0.2) is 0 Å². The average molecular weight is 186 g/mol. The molecule has 0 heterocycles. The molecule has 0 aromatic heterocycles. The van der Waals surface area contributed by atoms with Gasteiger partial charge in [-0.05, 0) is 0 Å². The highest BCUT2D eigenvalue weighted by atomic mass is 16.4. The third-order valence-electron chi connectivity index (χ3n) is 1.39. The van der Waals surface area contributed by atoms with Gasteiger partial charge in [0.15, 0.2) is 0 Å². The molecule has 0 spiro atoms. The lowest BCUT2D eigenvalue weighted by molar-refractivity contribution is -0.123. The van der Waals surface area contributed by atoms with Gasteiger partial charge < -0.3 is 30.6 Å². The minimum Gasteiger partial charge on any atom is -0.394 e. The first-order chi connectivity index (χ1) is 6.21. The molecule has 0 unspecified atom stereocenters. The van der Waals surface area contributed by atoms with Crippen LogP contribution in [0.1, 0.15) is 2.74 Å². The maximum absolute atomic E-state index is 9.05. The zero-order chi connectivity index (χ0) is 11.5. The summed E-state index contributed by atoms with van der Waals surface area (Å²) in [6, 6.07) is 0. The van der Waals surface area contributed by atoms with E-state index in [1.165, 1.54) is 0 Å². The van der Waals surface area contributed by atoms with E-state index >= 15 is 0 Å². The molecule has 74 valence electrons. The molecule has 0 radical (unpaired) electrons. The van der Waals surface area contributed by atoms with Crippen molar-refractivity contribution in [2.75, 3.05) is 13.2 Å². The predicted octanol–water partition coefficient (Wildman–Crippen LogP) is -3.59. The van der Waals surface area contributed by atoms with Gasteiger partial charge in [0, 0.05) is 0 Å². The molecule has 0 amide bonds. The van der Waals surface area contributed by atoms with Gasteiger partial charge >= 0.3 is 0 Å². The van der Waals surface area contributed by atoms with Crippen molar-refractivity contribution in [2.24, 2.45) is 0 Å². The second-order valence-electron chi connectivity index (χ2n) is 2.31.